The second-order valence-electron chi connectivity index (χ2n) is 3.89. The van der Waals surface area contributed by atoms with Gasteiger partial charge in [-0.2, -0.15) is 0 Å². The van der Waals surface area contributed by atoms with Gasteiger partial charge in [0.2, 0.25) is 0 Å². The number of carboxylic acids is 1. The number of aliphatic carboxylic acids is 1. The quantitative estimate of drug-likeness (QED) is 0.731. The lowest BCUT2D eigenvalue weighted by molar-refractivity contribution is -0.139. The van der Waals surface area contributed by atoms with Gasteiger partial charge < -0.3 is 15.3 Å². The zero-order valence-electron chi connectivity index (χ0n) is 9.27. The first kappa shape index (κ1) is 13.8. The zero-order valence-corrected chi connectivity index (χ0v) is 10.0. The van der Waals surface area contributed by atoms with E-state index in [0.29, 0.717) is 29.8 Å². The molecule has 1 aromatic rings. The molecule has 3 N–H and O–H groups in total. The Balaban J connectivity index is 2.41. The van der Waals surface area contributed by atoms with Crippen LogP contribution >= 0.6 is 11.6 Å². The predicted octanol–water partition coefficient (Wildman–Crippen LogP) is 2.20. The fourth-order valence-electron chi connectivity index (χ4n) is 1.59. The van der Waals surface area contributed by atoms with Crippen LogP contribution in [0, 0.1) is 0 Å². The molecule has 0 amide bonds. The predicted molar refractivity (Wildman–Crippen MR) is 64.3 cm³/mol. The average molecular weight is 259 g/mol. The first-order chi connectivity index (χ1) is 8.00. The summed E-state index contributed by atoms with van der Waals surface area (Å²) >= 11 is 5.75. The molecule has 4 nitrogen and oxygen atoms in total. The number of aliphatic hydroxyl groups is 1. The molecule has 0 fully saturated rings. The van der Waals surface area contributed by atoms with Crippen molar-refractivity contribution in [1.82, 2.24) is 0 Å². The van der Waals surface area contributed by atoms with Crippen molar-refractivity contribution in [2.45, 2.75) is 31.8 Å². The highest BCUT2D eigenvalue weighted by Crippen LogP contribution is 2.28. The smallest absolute Gasteiger partial charge is 0.305 e. The van der Waals surface area contributed by atoms with Crippen LogP contribution in [-0.4, -0.2) is 27.4 Å². The molecule has 0 spiro atoms. The van der Waals surface area contributed by atoms with Gasteiger partial charge in [0, 0.05) is 0 Å². The maximum absolute atomic E-state index is 10.3. The molecule has 1 atom stereocenters. The molecule has 17 heavy (non-hydrogen) atoms. The van der Waals surface area contributed by atoms with E-state index in [1.807, 2.05) is 0 Å². The first-order valence-corrected chi connectivity index (χ1v) is 5.74. The van der Waals surface area contributed by atoms with Crippen molar-refractivity contribution in [2.75, 3.05) is 0 Å². The Bertz CT molecular complexity index is 392. The molecular formula is C12H15ClO4. The van der Waals surface area contributed by atoms with Gasteiger partial charge in [0.05, 0.1) is 17.5 Å². The number of hydrogen-bond acceptors (Lipinski definition) is 3. The standard InChI is InChI=1S/C12H15ClO4/c13-10-6-2-4-8(12(10)17)3-1-5-9(14)7-11(15)16/h2,4,6,9,14,17H,1,3,5,7H2,(H,15,16). The number of carbonyl (C=O) groups is 1. The van der Waals surface area contributed by atoms with Gasteiger partial charge in [-0.15, -0.1) is 0 Å². The molecule has 0 heterocycles. The van der Waals surface area contributed by atoms with Crippen LogP contribution in [0.3, 0.4) is 0 Å². The summed E-state index contributed by atoms with van der Waals surface area (Å²) in [5, 5.41) is 27.7. The minimum absolute atomic E-state index is 0.0573. The van der Waals surface area contributed by atoms with Crippen molar-refractivity contribution in [2.24, 2.45) is 0 Å². The van der Waals surface area contributed by atoms with E-state index < -0.39 is 12.1 Å². The largest absolute Gasteiger partial charge is 0.506 e. The lowest BCUT2D eigenvalue weighted by atomic mass is 10.0. The molecule has 0 aliphatic carbocycles. The number of phenols is 1. The van der Waals surface area contributed by atoms with Gasteiger partial charge in [-0.05, 0) is 30.9 Å². The summed E-state index contributed by atoms with van der Waals surface area (Å²) in [6.07, 6.45) is 0.458. The number of hydrogen-bond donors (Lipinski definition) is 3. The Hall–Kier alpha value is -1.26. The van der Waals surface area contributed by atoms with Crippen molar-refractivity contribution < 1.29 is 20.1 Å². The number of aromatic hydroxyl groups is 1. The molecule has 94 valence electrons. The molecule has 0 radical (unpaired) electrons. The van der Waals surface area contributed by atoms with Crippen molar-refractivity contribution in [3.05, 3.63) is 28.8 Å². The minimum atomic E-state index is -1.01. The van der Waals surface area contributed by atoms with Gasteiger partial charge in [-0.25, -0.2) is 0 Å². The normalized spacial score (nSPS) is 12.4. The molecular weight excluding hydrogens is 244 g/mol. The minimum Gasteiger partial charge on any atom is -0.506 e. The summed E-state index contributed by atoms with van der Waals surface area (Å²) in [5.74, 6) is -0.954. The van der Waals surface area contributed by atoms with E-state index in [1.165, 1.54) is 0 Å². The number of halogens is 1. The molecule has 0 bridgehead atoms. The summed E-state index contributed by atoms with van der Waals surface area (Å²) in [5.41, 5.74) is 0.708. The van der Waals surface area contributed by atoms with Crippen LogP contribution in [0.15, 0.2) is 18.2 Å². The summed E-state index contributed by atoms with van der Waals surface area (Å²) < 4.78 is 0. The number of rotatable bonds is 6. The third kappa shape index (κ3) is 4.63. The lowest BCUT2D eigenvalue weighted by Gasteiger charge is -2.09. The highest BCUT2D eigenvalue weighted by Gasteiger charge is 2.10. The fraction of sp³-hybridized carbons (Fsp3) is 0.417. The molecule has 1 aromatic carbocycles. The maximum atomic E-state index is 10.3. The summed E-state index contributed by atoms with van der Waals surface area (Å²) in [6, 6.07) is 5.09. The van der Waals surface area contributed by atoms with Crippen LogP contribution < -0.4 is 0 Å². The van der Waals surface area contributed by atoms with Crippen LogP contribution in [0.25, 0.3) is 0 Å². The Morgan fingerprint density at radius 2 is 2.12 bits per heavy atom. The summed E-state index contributed by atoms with van der Waals surface area (Å²) in [6.45, 7) is 0. The second kappa shape index (κ2) is 6.47. The van der Waals surface area contributed by atoms with Gasteiger partial charge in [0.1, 0.15) is 5.75 Å². The maximum Gasteiger partial charge on any atom is 0.305 e. The topological polar surface area (TPSA) is 77.8 Å². The summed E-state index contributed by atoms with van der Waals surface area (Å²) in [4.78, 5) is 10.3. The molecule has 0 aliphatic heterocycles. The SMILES string of the molecule is O=C(O)CC(O)CCCc1cccc(Cl)c1O. The Kier molecular flexibility index (Phi) is 5.25. The van der Waals surface area contributed by atoms with Gasteiger partial charge in [0.15, 0.2) is 0 Å². The number of aryl methyl sites for hydroxylation is 1. The molecule has 0 aromatic heterocycles. The van der Waals surface area contributed by atoms with Crippen LogP contribution in [0.2, 0.25) is 5.02 Å². The number of carboxylic acid groups (broad SMARTS) is 1. The average Bonchev–Trinajstić information content (AvgIpc) is 2.23. The molecule has 1 unspecified atom stereocenters. The van der Waals surface area contributed by atoms with E-state index in [1.54, 1.807) is 18.2 Å². The van der Waals surface area contributed by atoms with Crippen molar-refractivity contribution in [3.63, 3.8) is 0 Å². The Labute approximate surface area is 104 Å². The van der Waals surface area contributed by atoms with E-state index in [0.717, 1.165) is 0 Å². The lowest BCUT2D eigenvalue weighted by Crippen LogP contribution is -2.12. The molecule has 0 saturated heterocycles. The third-order valence-corrected chi connectivity index (χ3v) is 2.77. The van der Waals surface area contributed by atoms with Gasteiger partial charge in [0.25, 0.3) is 0 Å². The zero-order chi connectivity index (χ0) is 12.8. The summed E-state index contributed by atoms with van der Waals surface area (Å²) in [7, 11) is 0. The second-order valence-corrected chi connectivity index (χ2v) is 4.30. The molecule has 1 rings (SSSR count). The van der Waals surface area contributed by atoms with E-state index in [-0.39, 0.29) is 12.2 Å². The Morgan fingerprint density at radius 3 is 2.76 bits per heavy atom. The van der Waals surface area contributed by atoms with Crippen LogP contribution in [0.5, 0.6) is 5.75 Å². The number of benzene rings is 1. The van der Waals surface area contributed by atoms with E-state index in [9.17, 15) is 15.0 Å². The number of para-hydroxylation sites is 1. The van der Waals surface area contributed by atoms with Gasteiger partial charge in [-0.3, -0.25) is 4.79 Å². The Morgan fingerprint density at radius 1 is 1.41 bits per heavy atom. The highest BCUT2D eigenvalue weighted by molar-refractivity contribution is 6.32. The van der Waals surface area contributed by atoms with Crippen molar-refractivity contribution in [1.29, 1.82) is 0 Å². The fourth-order valence-corrected chi connectivity index (χ4v) is 1.79. The third-order valence-electron chi connectivity index (χ3n) is 2.46. The van der Waals surface area contributed by atoms with Crippen molar-refractivity contribution >= 4 is 17.6 Å². The van der Waals surface area contributed by atoms with Crippen LogP contribution in [-0.2, 0) is 11.2 Å². The first-order valence-electron chi connectivity index (χ1n) is 5.37. The van der Waals surface area contributed by atoms with E-state index in [2.05, 4.69) is 0 Å². The van der Waals surface area contributed by atoms with Gasteiger partial charge in [-0.1, -0.05) is 23.7 Å². The van der Waals surface area contributed by atoms with E-state index >= 15 is 0 Å². The number of phenolic OH excluding ortho intramolecular Hbond substituents is 1. The van der Waals surface area contributed by atoms with Crippen LogP contribution in [0.1, 0.15) is 24.8 Å². The monoisotopic (exact) mass is 258 g/mol. The van der Waals surface area contributed by atoms with Crippen LogP contribution in [0.4, 0.5) is 0 Å². The highest BCUT2D eigenvalue weighted by atomic mass is 35.5. The van der Waals surface area contributed by atoms with Crippen molar-refractivity contribution in [3.8, 4) is 5.75 Å². The van der Waals surface area contributed by atoms with Gasteiger partial charge >= 0.3 is 5.97 Å². The molecule has 0 aliphatic rings. The van der Waals surface area contributed by atoms with E-state index in [4.69, 9.17) is 16.7 Å². The molecule has 0 saturated carbocycles. The number of aliphatic hydroxyl groups excluding tert-OH is 1. The molecule has 5 heteroatoms.